The van der Waals surface area contributed by atoms with Crippen LogP contribution in [0.3, 0.4) is 0 Å². The Labute approximate surface area is 218 Å². The fraction of sp³-hybridized carbons (Fsp3) is 0.259. The largest absolute Gasteiger partial charge is 0.497 e. The summed E-state index contributed by atoms with van der Waals surface area (Å²) in [6, 6.07) is 17.0. The first kappa shape index (κ1) is 25.1. The van der Waals surface area contributed by atoms with Crippen molar-refractivity contribution in [1.29, 1.82) is 0 Å². The van der Waals surface area contributed by atoms with Crippen LogP contribution < -0.4 is 14.2 Å². The van der Waals surface area contributed by atoms with Crippen molar-refractivity contribution in [3.63, 3.8) is 0 Å². The number of amides is 1. The van der Waals surface area contributed by atoms with Crippen molar-refractivity contribution < 1.29 is 19.0 Å². The highest BCUT2D eigenvalue weighted by molar-refractivity contribution is 9.10. The zero-order valence-corrected chi connectivity index (χ0v) is 22.1. The van der Waals surface area contributed by atoms with Gasteiger partial charge in [-0.15, -0.1) is 0 Å². The summed E-state index contributed by atoms with van der Waals surface area (Å²) in [6.07, 6.45) is 3.30. The smallest absolute Gasteiger partial charge is 0.228 e. The molecule has 0 aliphatic carbocycles. The number of ether oxygens (including phenoxy) is 3. The predicted molar refractivity (Wildman–Crippen MR) is 140 cm³/mol. The van der Waals surface area contributed by atoms with E-state index < -0.39 is 0 Å². The minimum Gasteiger partial charge on any atom is -0.497 e. The van der Waals surface area contributed by atoms with E-state index in [4.69, 9.17) is 30.8 Å². The van der Waals surface area contributed by atoms with Crippen molar-refractivity contribution in [1.82, 2.24) is 9.88 Å². The molecule has 1 saturated heterocycles. The van der Waals surface area contributed by atoms with Crippen LogP contribution in [0.4, 0.5) is 0 Å². The average molecular weight is 558 g/mol. The molecule has 0 bridgehead atoms. The molecule has 1 aromatic heterocycles. The van der Waals surface area contributed by atoms with Gasteiger partial charge in [-0.05, 0) is 64.3 Å². The summed E-state index contributed by atoms with van der Waals surface area (Å²) < 4.78 is 17.1. The highest BCUT2D eigenvalue weighted by Crippen LogP contribution is 2.33. The summed E-state index contributed by atoms with van der Waals surface area (Å²) in [5.41, 5.74) is 3.51. The van der Waals surface area contributed by atoms with E-state index in [9.17, 15) is 4.79 Å². The first-order valence-electron chi connectivity index (χ1n) is 11.1. The highest BCUT2D eigenvalue weighted by Gasteiger charge is 2.31. The van der Waals surface area contributed by atoms with Crippen molar-refractivity contribution >= 4 is 39.0 Å². The summed E-state index contributed by atoms with van der Waals surface area (Å²) in [5.74, 6) is 1.98. The first-order chi connectivity index (χ1) is 16.9. The molecule has 2 aromatic carbocycles. The van der Waals surface area contributed by atoms with Crippen molar-refractivity contribution in [3.05, 3.63) is 87.0 Å². The predicted octanol–water partition coefficient (Wildman–Crippen LogP) is 6.15. The second-order valence-corrected chi connectivity index (χ2v) is 9.37. The molecule has 0 saturated carbocycles. The molecule has 1 aliphatic heterocycles. The number of hydrogen-bond acceptors (Lipinski definition) is 5. The van der Waals surface area contributed by atoms with E-state index in [1.165, 1.54) is 0 Å². The molecule has 2 heterocycles. The molecule has 8 heteroatoms. The van der Waals surface area contributed by atoms with E-state index >= 15 is 0 Å². The Kier molecular flexibility index (Phi) is 7.98. The van der Waals surface area contributed by atoms with Gasteiger partial charge in [-0.25, -0.2) is 4.98 Å². The molecule has 0 unspecified atom stereocenters. The fourth-order valence-corrected chi connectivity index (χ4v) is 4.68. The molecule has 1 fully saturated rings. The molecule has 1 aliphatic rings. The second-order valence-electron chi connectivity index (χ2n) is 8.08. The molecule has 1 amide bonds. The lowest BCUT2D eigenvalue weighted by Crippen LogP contribution is -2.31. The maximum Gasteiger partial charge on any atom is 0.228 e. The van der Waals surface area contributed by atoms with Crippen molar-refractivity contribution in [2.24, 2.45) is 0 Å². The van der Waals surface area contributed by atoms with Gasteiger partial charge in [-0.1, -0.05) is 29.8 Å². The summed E-state index contributed by atoms with van der Waals surface area (Å²) in [6.45, 7) is 0.429. The van der Waals surface area contributed by atoms with Gasteiger partial charge >= 0.3 is 0 Å². The molecule has 182 valence electrons. The summed E-state index contributed by atoms with van der Waals surface area (Å²) in [4.78, 5) is 19.5. The van der Waals surface area contributed by atoms with E-state index in [2.05, 4.69) is 22.0 Å². The molecule has 3 aromatic rings. The Balaban J connectivity index is 1.74. The van der Waals surface area contributed by atoms with Gasteiger partial charge in [0.1, 0.15) is 11.5 Å². The topological polar surface area (TPSA) is 60.9 Å². The SMILES string of the molecule is COc1ccc(CN2C(=O)CC[C@@H]2/C=C(\c2ccc(Cl)cc2)c2ccc(Br)c(OC)n2)c(OC)c1. The minimum absolute atomic E-state index is 0.0981. The lowest BCUT2D eigenvalue weighted by atomic mass is 9.98. The Bertz CT molecular complexity index is 1250. The van der Waals surface area contributed by atoms with Crippen LogP contribution in [0.25, 0.3) is 5.57 Å². The standard InChI is InChI=1S/C27H26BrClN2O4/c1-33-21-10-6-18(25(15-21)34-2)16-31-20(9-13-26(31)32)14-22(17-4-7-19(29)8-5-17)24-12-11-23(28)27(30-24)35-3/h4-8,10-12,14-15,20H,9,13,16H2,1-3H3/b22-14+/t20-/m1/s1. The number of aromatic nitrogens is 1. The summed E-state index contributed by atoms with van der Waals surface area (Å²) in [7, 11) is 4.82. The highest BCUT2D eigenvalue weighted by atomic mass is 79.9. The second kappa shape index (κ2) is 11.1. The number of hydrogen-bond donors (Lipinski definition) is 0. The number of carbonyl (C=O) groups excluding carboxylic acids is 1. The van der Waals surface area contributed by atoms with Crippen molar-refractivity contribution in [2.45, 2.75) is 25.4 Å². The van der Waals surface area contributed by atoms with E-state index in [0.29, 0.717) is 41.8 Å². The molecular weight excluding hydrogens is 532 g/mol. The van der Waals surface area contributed by atoms with Crippen molar-refractivity contribution in [3.8, 4) is 17.4 Å². The summed E-state index contributed by atoms with van der Waals surface area (Å²) in [5, 5.41) is 0.652. The molecule has 4 rings (SSSR count). The van der Waals surface area contributed by atoms with Crippen LogP contribution in [-0.2, 0) is 11.3 Å². The van der Waals surface area contributed by atoms with Gasteiger partial charge in [0.25, 0.3) is 0 Å². The Morgan fingerprint density at radius 3 is 2.54 bits per heavy atom. The van der Waals surface area contributed by atoms with Crippen LogP contribution >= 0.6 is 27.5 Å². The van der Waals surface area contributed by atoms with E-state index in [0.717, 1.165) is 26.9 Å². The Hall–Kier alpha value is -3.03. The van der Waals surface area contributed by atoms with Gasteiger partial charge in [0.05, 0.1) is 37.5 Å². The number of carbonyl (C=O) groups is 1. The van der Waals surface area contributed by atoms with Gasteiger partial charge in [0.2, 0.25) is 11.8 Å². The Morgan fingerprint density at radius 1 is 1.09 bits per heavy atom. The molecule has 0 spiro atoms. The number of rotatable bonds is 8. The quantitative estimate of drug-likeness (QED) is 0.333. The third-order valence-electron chi connectivity index (χ3n) is 6.01. The van der Waals surface area contributed by atoms with Gasteiger partial charge in [-0.3, -0.25) is 4.79 Å². The van der Waals surface area contributed by atoms with Crippen LogP contribution in [0, 0.1) is 0 Å². The lowest BCUT2D eigenvalue weighted by molar-refractivity contribution is -0.129. The Morgan fingerprint density at radius 2 is 1.86 bits per heavy atom. The third kappa shape index (κ3) is 5.63. The van der Waals surface area contributed by atoms with E-state index in [-0.39, 0.29) is 11.9 Å². The molecule has 0 N–H and O–H groups in total. The minimum atomic E-state index is -0.114. The molecule has 1 atom stereocenters. The number of likely N-dealkylation sites (tertiary alicyclic amines) is 1. The monoisotopic (exact) mass is 556 g/mol. The third-order valence-corrected chi connectivity index (χ3v) is 6.86. The molecule has 6 nitrogen and oxygen atoms in total. The van der Waals surface area contributed by atoms with Gasteiger partial charge < -0.3 is 19.1 Å². The van der Waals surface area contributed by atoms with E-state index in [1.54, 1.807) is 21.3 Å². The zero-order valence-electron chi connectivity index (χ0n) is 19.8. The van der Waals surface area contributed by atoms with Crippen LogP contribution in [0.15, 0.2) is 65.1 Å². The first-order valence-corrected chi connectivity index (χ1v) is 12.3. The van der Waals surface area contributed by atoms with Gasteiger partial charge in [0, 0.05) is 35.2 Å². The number of nitrogens with zero attached hydrogens (tertiary/aromatic N) is 2. The van der Waals surface area contributed by atoms with Crippen molar-refractivity contribution in [2.75, 3.05) is 21.3 Å². The number of methoxy groups -OCH3 is 3. The van der Waals surface area contributed by atoms with Crippen LogP contribution in [0.2, 0.25) is 5.02 Å². The average Bonchev–Trinajstić information content (AvgIpc) is 3.22. The zero-order chi connectivity index (χ0) is 24.9. The fourth-order valence-electron chi connectivity index (χ4n) is 4.17. The maximum atomic E-state index is 12.9. The van der Waals surface area contributed by atoms with Crippen LogP contribution in [-0.4, -0.2) is 43.2 Å². The molecule has 35 heavy (non-hydrogen) atoms. The number of halogens is 2. The van der Waals surface area contributed by atoms with Gasteiger partial charge in [-0.2, -0.15) is 0 Å². The molecular formula is C27H26BrClN2O4. The lowest BCUT2D eigenvalue weighted by Gasteiger charge is -2.25. The normalized spacial score (nSPS) is 15.9. The van der Waals surface area contributed by atoms with Crippen LogP contribution in [0.1, 0.15) is 29.7 Å². The maximum absolute atomic E-state index is 12.9. The number of benzene rings is 2. The summed E-state index contributed by atoms with van der Waals surface area (Å²) >= 11 is 9.62. The van der Waals surface area contributed by atoms with Crippen LogP contribution in [0.5, 0.6) is 17.4 Å². The van der Waals surface area contributed by atoms with E-state index in [1.807, 2.05) is 59.5 Å². The molecule has 0 radical (unpaired) electrons. The number of pyridine rings is 1. The van der Waals surface area contributed by atoms with Gasteiger partial charge in [0.15, 0.2) is 0 Å².